The molecule has 2 atom stereocenters. The molecule has 10 heteroatoms. The lowest BCUT2D eigenvalue weighted by atomic mass is 10.0. The number of allylic oxidation sites excluding steroid dienone is 22. The van der Waals surface area contributed by atoms with Crippen molar-refractivity contribution in [2.24, 2.45) is 5.73 Å². The van der Waals surface area contributed by atoms with Crippen molar-refractivity contribution in [3.63, 3.8) is 0 Å². The number of esters is 2. The Bertz CT molecular complexity index is 1820. The lowest BCUT2D eigenvalue weighted by molar-refractivity contribution is -0.161. The van der Waals surface area contributed by atoms with Crippen molar-refractivity contribution in [1.82, 2.24) is 0 Å². The molecule has 0 saturated heterocycles. The van der Waals surface area contributed by atoms with Crippen LogP contribution < -0.4 is 5.73 Å². The smallest absolute Gasteiger partial charge is 0.462 e. The van der Waals surface area contributed by atoms with Gasteiger partial charge in [0, 0.05) is 19.4 Å². The van der Waals surface area contributed by atoms with Gasteiger partial charge in [0.1, 0.15) is 6.61 Å². The van der Waals surface area contributed by atoms with E-state index in [2.05, 4.69) is 141 Å². The molecule has 0 aromatic carbocycles. The summed E-state index contributed by atoms with van der Waals surface area (Å²) in [4.78, 5) is 35.3. The van der Waals surface area contributed by atoms with Crippen LogP contribution in [-0.4, -0.2) is 49.3 Å². The number of phosphoric acid groups is 1. The van der Waals surface area contributed by atoms with E-state index in [1.807, 2.05) is 6.08 Å². The lowest BCUT2D eigenvalue weighted by Crippen LogP contribution is -2.29. The summed E-state index contributed by atoms with van der Waals surface area (Å²) >= 11 is 0. The Morgan fingerprint density at radius 3 is 0.964 bits per heavy atom. The molecule has 474 valence electrons. The molecule has 0 spiro atoms. The lowest BCUT2D eigenvalue weighted by Gasteiger charge is -2.19. The Kier molecular flexibility index (Phi) is 64.2. The summed E-state index contributed by atoms with van der Waals surface area (Å²) in [6.45, 7) is 3.46. The molecule has 0 aliphatic carbocycles. The van der Waals surface area contributed by atoms with E-state index in [-0.39, 0.29) is 32.6 Å². The minimum Gasteiger partial charge on any atom is -0.462 e. The van der Waals surface area contributed by atoms with Crippen LogP contribution in [0.15, 0.2) is 134 Å². The molecule has 0 rings (SSSR count). The van der Waals surface area contributed by atoms with E-state index < -0.39 is 32.5 Å². The molecule has 0 fully saturated rings. The van der Waals surface area contributed by atoms with Gasteiger partial charge < -0.3 is 20.1 Å². The molecule has 0 bridgehead atoms. The molecule has 0 aliphatic heterocycles. The normalized spacial score (nSPS) is 13.8. The number of ether oxygens (including phenoxy) is 2. The van der Waals surface area contributed by atoms with Gasteiger partial charge in [0.2, 0.25) is 0 Å². The van der Waals surface area contributed by atoms with Crippen molar-refractivity contribution >= 4 is 19.8 Å². The molecule has 3 N–H and O–H groups in total. The van der Waals surface area contributed by atoms with Crippen LogP contribution in [0.25, 0.3) is 0 Å². The first-order valence-electron chi connectivity index (χ1n) is 33.7. The fraction of sp³-hybridized carbons (Fsp3) is 0.671. The fourth-order valence-electron chi connectivity index (χ4n) is 9.15. The summed E-state index contributed by atoms with van der Waals surface area (Å²) < 4.78 is 33.0. The Morgan fingerprint density at radius 1 is 0.361 bits per heavy atom. The molecule has 0 heterocycles. The molecule has 83 heavy (non-hydrogen) atoms. The van der Waals surface area contributed by atoms with Crippen LogP contribution in [0, 0.1) is 0 Å². The van der Waals surface area contributed by atoms with Crippen LogP contribution in [0.2, 0.25) is 0 Å². The molecular formula is C73H124NO8P. The zero-order valence-corrected chi connectivity index (χ0v) is 54.0. The van der Waals surface area contributed by atoms with E-state index in [0.717, 1.165) is 89.9 Å². The molecule has 0 aromatic rings. The molecule has 0 amide bonds. The summed E-state index contributed by atoms with van der Waals surface area (Å²) in [5.74, 6) is -0.896. The van der Waals surface area contributed by atoms with Gasteiger partial charge in [0.25, 0.3) is 0 Å². The first-order chi connectivity index (χ1) is 40.8. The largest absolute Gasteiger partial charge is 0.472 e. The van der Waals surface area contributed by atoms with E-state index in [0.29, 0.717) is 12.8 Å². The highest BCUT2D eigenvalue weighted by Gasteiger charge is 2.26. The van der Waals surface area contributed by atoms with Crippen LogP contribution >= 0.6 is 7.82 Å². The quantitative estimate of drug-likeness (QED) is 0.0264. The number of carbonyl (C=O) groups is 2. The van der Waals surface area contributed by atoms with Gasteiger partial charge in [0.15, 0.2) is 6.10 Å². The summed E-state index contributed by atoms with van der Waals surface area (Å²) in [5.41, 5.74) is 5.39. The highest BCUT2D eigenvalue weighted by Crippen LogP contribution is 2.43. The number of hydrogen-bond donors (Lipinski definition) is 2. The van der Waals surface area contributed by atoms with Gasteiger partial charge in [-0.3, -0.25) is 18.6 Å². The van der Waals surface area contributed by atoms with Crippen molar-refractivity contribution in [2.75, 3.05) is 26.4 Å². The SMILES string of the molecule is CC/C=C\C/C=C\C/C=C\C/C=C\C/C=C\C/C=C\C/C=C\CCCC(=O)OC(COC(=O)CCCCCCCCCCCCCCCCCCCCCCCCCCCC/C=C\C/C=C\C/C=C\C/C=C\CC)COP(=O)(O)OCCN. The average Bonchev–Trinajstić information content (AvgIpc) is 3.48. The van der Waals surface area contributed by atoms with Gasteiger partial charge in [0.05, 0.1) is 13.2 Å². The summed E-state index contributed by atoms with van der Waals surface area (Å²) in [6, 6.07) is 0. The highest BCUT2D eigenvalue weighted by atomic mass is 31.2. The molecule has 9 nitrogen and oxygen atoms in total. The number of rotatable bonds is 62. The predicted octanol–water partition coefficient (Wildman–Crippen LogP) is 22.1. The molecule has 0 aromatic heterocycles. The maximum Gasteiger partial charge on any atom is 0.472 e. The van der Waals surface area contributed by atoms with E-state index in [1.54, 1.807) is 0 Å². The number of unbranched alkanes of at least 4 members (excludes halogenated alkanes) is 27. The van der Waals surface area contributed by atoms with Crippen LogP contribution in [0.3, 0.4) is 0 Å². The van der Waals surface area contributed by atoms with Crippen molar-refractivity contribution in [1.29, 1.82) is 0 Å². The van der Waals surface area contributed by atoms with E-state index in [9.17, 15) is 19.0 Å². The maximum absolute atomic E-state index is 12.7. The van der Waals surface area contributed by atoms with Gasteiger partial charge in [-0.25, -0.2) is 4.57 Å². The Balaban J connectivity index is 3.88. The number of nitrogens with two attached hydrogens (primary N) is 1. The zero-order valence-electron chi connectivity index (χ0n) is 53.1. The van der Waals surface area contributed by atoms with Crippen molar-refractivity contribution in [3.05, 3.63) is 134 Å². The third-order valence-electron chi connectivity index (χ3n) is 14.0. The van der Waals surface area contributed by atoms with Crippen molar-refractivity contribution in [3.8, 4) is 0 Å². The van der Waals surface area contributed by atoms with E-state index in [1.165, 1.54) is 154 Å². The first-order valence-corrected chi connectivity index (χ1v) is 35.2. The second kappa shape index (κ2) is 67.3. The standard InChI is InChI=1S/C73H124NO8P/c1-3-5-7-9-11-13-15-17-19-21-23-25-27-28-29-30-31-32-33-34-35-36-37-38-39-40-41-42-44-45-47-49-51-53-55-57-59-61-63-65-72(75)79-69-71(70-81-83(77,78)80-68-67-74)82-73(76)66-64-62-60-58-56-54-52-50-48-46-43-26-24-22-20-18-16-14-12-10-8-6-4-2/h5-8,11-14,17-20,23-26,46,48,52,54,58,60,71H,3-4,9-10,15-16,21-22,27-45,47,49-51,53,55-57,59,61-70,74H2,1-2H3,(H,77,78)/b7-5-,8-6-,13-11-,14-12-,19-17-,20-18-,25-23-,26-24-,48-46-,54-52-,60-58-. The molecule has 0 saturated carbocycles. The van der Waals surface area contributed by atoms with Crippen LogP contribution in [0.5, 0.6) is 0 Å². The van der Waals surface area contributed by atoms with Crippen LogP contribution in [0.4, 0.5) is 0 Å². The minimum atomic E-state index is -4.41. The van der Waals surface area contributed by atoms with Crippen molar-refractivity contribution < 1.29 is 37.6 Å². The summed E-state index contributed by atoms with van der Waals surface area (Å²) in [7, 11) is -4.41. The van der Waals surface area contributed by atoms with Crippen molar-refractivity contribution in [2.45, 2.75) is 290 Å². The Labute approximate surface area is 510 Å². The second-order valence-electron chi connectivity index (χ2n) is 21.9. The fourth-order valence-corrected chi connectivity index (χ4v) is 9.91. The van der Waals surface area contributed by atoms with Gasteiger partial charge in [-0.15, -0.1) is 0 Å². The Hall–Kier alpha value is -3.85. The maximum atomic E-state index is 12.7. The minimum absolute atomic E-state index is 0.0391. The molecular weight excluding hydrogens is 1050 g/mol. The molecule has 2 unspecified atom stereocenters. The summed E-state index contributed by atoms with van der Waals surface area (Å²) in [5, 5.41) is 0. The zero-order chi connectivity index (χ0) is 60.1. The van der Waals surface area contributed by atoms with Crippen LogP contribution in [-0.2, 0) is 32.7 Å². The third kappa shape index (κ3) is 67.2. The van der Waals surface area contributed by atoms with Gasteiger partial charge in [-0.1, -0.05) is 302 Å². The highest BCUT2D eigenvalue weighted by molar-refractivity contribution is 7.47. The topological polar surface area (TPSA) is 134 Å². The molecule has 0 radical (unpaired) electrons. The van der Waals surface area contributed by atoms with E-state index >= 15 is 0 Å². The monoisotopic (exact) mass is 1170 g/mol. The average molecular weight is 1170 g/mol. The third-order valence-corrected chi connectivity index (χ3v) is 15.0. The number of phosphoric ester groups is 1. The second-order valence-corrected chi connectivity index (χ2v) is 23.4. The molecule has 0 aliphatic rings. The Morgan fingerprint density at radius 2 is 0.639 bits per heavy atom. The van der Waals surface area contributed by atoms with Gasteiger partial charge in [-0.05, 0) is 103 Å². The van der Waals surface area contributed by atoms with Gasteiger partial charge >= 0.3 is 19.8 Å². The van der Waals surface area contributed by atoms with E-state index in [4.69, 9.17) is 24.3 Å². The van der Waals surface area contributed by atoms with Crippen LogP contribution in [0.1, 0.15) is 284 Å². The number of carbonyl (C=O) groups excluding carboxylic acids is 2. The summed E-state index contributed by atoms with van der Waals surface area (Å²) in [6.07, 6.45) is 95.6. The number of hydrogen-bond acceptors (Lipinski definition) is 8. The predicted molar refractivity (Wildman–Crippen MR) is 357 cm³/mol. The van der Waals surface area contributed by atoms with Gasteiger partial charge in [-0.2, -0.15) is 0 Å². The first kappa shape index (κ1) is 79.2.